The molecule has 30 heavy (non-hydrogen) atoms. The molecule has 1 aliphatic rings. The summed E-state index contributed by atoms with van der Waals surface area (Å²) in [5, 5.41) is 6.16. The summed E-state index contributed by atoms with van der Waals surface area (Å²) in [6, 6.07) is 9.33. The molecule has 2 aromatic rings. The third-order valence-electron chi connectivity index (χ3n) is 4.50. The monoisotopic (exact) mass is 449 g/mol. The number of amides is 3. The van der Waals surface area contributed by atoms with Gasteiger partial charge in [-0.25, -0.2) is 4.79 Å². The summed E-state index contributed by atoms with van der Waals surface area (Å²) in [7, 11) is 0. The number of urea groups is 1. The van der Waals surface area contributed by atoms with Crippen molar-refractivity contribution < 1.29 is 19.1 Å². The van der Waals surface area contributed by atoms with Gasteiger partial charge in [0.1, 0.15) is 6.61 Å². The fourth-order valence-electron chi connectivity index (χ4n) is 3.16. The number of benzene rings is 2. The number of carbonyl (C=O) groups is 2. The van der Waals surface area contributed by atoms with Gasteiger partial charge in [-0.3, -0.25) is 4.79 Å². The summed E-state index contributed by atoms with van der Waals surface area (Å²) in [6.45, 7) is 4.06. The van der Waals surface area contributed by atoms with E-state index in [-0.39, 0.29) is 17.2 Å². The zero-order chi connectivity index (χ0) is 21.8. The van der Waals surface area contributed by atoms with Gasteiger partial charge in [0.25, 0.3) is 0 Å². The summed E-state index contributed by atoms with van der Waals surface area (Å²) < 4.78 is 11.6. The van der Waals surface area contributed by atoms with Crippen molar-refractivity contribution in [1.29, 1.82) is 0 Å². The second-order valence-electron chi connectivity index (χ2n) is 6.61. The predicted octanol–water partition coefficient (Wildman–Crippen LogP) is 4.08. The fraction of sp³-hybridized carbons (Fsp3) is 0.238. The molecular formula is C21H21Cl2N3O4. The number of nitrogens with two attached hydrogens (primary N) is 1. The molecule has 1 heterocycles. The zero-order valence-electron chi connectivity index (χ0n) is 16.4. The first-order valence-corrected chi connectivity index (χ1v) is 9.97. The molecule has 0 bridgehead atoms. The highest BCUT2D eigenvalue weighted by molar-refractivity contribution is 6.32. The Balaban J connectivity index is 1.96. The molecule has 0 spiro atoms. The van der Waals surface area contributed by atoms with Crippen LogP contribution in [-0.4, -0.2) is 18.5 Å². The van der Waals surface area contributed by atoms with Gasteiger partial charge in [-0.2, -0.15) is 0 Å². The third-order valence-corrected chi connectivity index (χ3v) is 5.03. The van der Waals surface area contributed by atoms with Crippen LogP contribution in [0, 0.1) is 0 Å². The van der Waals surface area contributed by atoms with E-state index in [1.165, 1.54) is 0 Å². The van der Waals surface area contributed by atoms with Gasteiger partial charge in [0.15, 0.2) is 11.5 Å². The lowest BCUT2D eigenvalue weighted by Gasteiger charge is -2.28. The molecule has 158 valence electrons. The smallest absolute Gasteiger partial charge is 0.319 e. The van der Waals surface area contributed by atoms with E-state index in [0.717, 1.165) is 5.56 Å². The number of allylic oxidation sites excluding steroid dienone is 1. The van der Waals surface area contributed by atoms with Crippen LogP contribution in [0.2, 0.25) is 10.0 Å². The van der Waals surface area contributed by atoms with Crippen molar-refractivity contribution in [2.75, 3.05) is 6.61 Å². The molecule has 0 radical (unpaired) electrons. The Kier molecular flexibility index (Phi) is 6.74. The van der Waals surface area contributed by atoms with E-state index in [4.69, 9.17) is 38.4 Å². The van der Waals surface area contributed by atoms with E-state index in [1.54, 1.807) is 31.2 Å². The molecule has 0 aliphatic carbocycles. The highest BCUT2D eigenvalue weighted by Gasteiger charge is 2.31. The van der Waals surface area contributed by atoms with E-state index in [2.05, 4.69) is 10.6 Å². The predicted molar refractivity (Wildman–Crippen MR) is 115 cm³/mol. The summed E-state index contributed by atoms with van der Waals surface area (Å²) in [6.07, 6.45) is 0. The number of primary amides is 1. The highest BCUT2D eigenvalue weighted by Crippen LogP contribution is 2.40. The Morgan fingerprint density at radius 3 is 2.50 bits per heavy atom. The minimum absolute atomic E-state index is 0.239. The number of ether oxygens (including phenoxy) is 2. The van der Waals surface area contributed by atoms with Gasteiger partial charge in [-0.15, -0.1) is 0 Å². The normalized spacial score (nSPS) is 16.0. The summed E-state index contributed by atoms with van der Waals surface area (Å²) >= 11 is 12.4. The Hall–Kier alpha value is -2.90. The SMILES string of the molecule is CCOc1cc([C@H]2NC(=O)NC(C)=C2C(N)=O)cc(Cl)c1OCc1ccc(Cl)cc1. The third kappa shape index (κ3) is 4.80. The van der Waals surface area contributed by atoms with Crippen molar-refractivity contribution >= 4 is 35.1 Å². The minimum atomic E-state index is -0.765. The zero-order valence-corrected chi connectivity index (χ0v) is 17.9. The maximum atomic E-state index is 12.0. The summed E-state index contributed by atoms with van der Waals surface area (Å²) in [5.74, 6) is 0.101. The molecule has 3 rings (SSSR count). The first kappa shape index (κ1) is 21.8. The molecule has 4 N–H and O–H groups in total. The Morgan fingerprint density at radius 1 is 1.17 bits per heavy atom. The Labute approximate surface area is 184 Å². The lowest BCUT2D eigenvalue weighted by Crippen LogP contribution is -2.46. The van der Waals surface area contributed by atoms with Gasteiger partial charge in [0.2, 0.25) is 5.91 Å². The molecule has 0 saturated heterocycles. The molecule has 7 nitrogen and oxygen atoms in total. The van der Waals surface area contributed by atoms with Crippen LogP contribution < -0.4 is 25.8 Å². The van der Waals surface area contributed by atoms with Gasteiger partial charge >= 0.3 is 6.03 Å². The van der Waals surface area contributed by atoms with E-state index < -0.39 is 18.0 Å². The van der Waals surface area contributed by atoms with Crippen molar-refractivity contribution in [3.05, 3.63) is 68.8 Å². The van der Waals surface area contributed by atoms with Crippen LogP contribution in [0.3, 0.4) is 0 Å². The van der Waals surface area contributed by atoms with Crippen molar-refractivity contribution in [2.24, 2.45) is 5.73 Å². The Bertz CT molecular complexity index is 1010. The first-order valence-electron chi connectivity index (χ1n) is 9.21. The number of rotatable bonds is 7. The van der Waals surface area contributed by atoms with Crippen LogP contribution in [-0.2, 0) is 11.4 Å². The molecule has 0 aromatic heterocycles. The van der Waals surface area contributed by atoms with Gasteiger partial charge < -0.3 is 25.8 Å². The molecule has 0 saturated carbocycles. The summed E-state index contributed by atoms with van der Waals surface area (Å²) in [5.41, 5.74) is 7.60. The molecule has 2 aromatic carbocycles. The maximum absolute atomic E-state index is 12.0. The lowest BCUT2D eigenvalue weighted by molar-refractivity contribution is -0.115. The summed E-state index contributed by atoms with van der Waals surface area (Å²) in [4.78, 5) is 23.9. The van der Waals surface area contributed by atoms with Crippen molar-refractivity contribution in [3.8, 4) is 11.5 Å². The second kappa shape index (κ2) is 9.28. The van der Waals surface area contributed by atoms with Crippen molar-refractivity contribution in [2.45, 2.75) is 26.5 Å². The molecule has 1 atom stereocenters. The fourth-order valence-corrected chi connectivity index (χ4v) is 3.56. The van der Waals surface area contributed by atoms with Crippen LogP contribution in [0.4, 0.5) is 4.79 Å². The Morgan fingerprint density at radius 2 is 1.87 bits per heavy atom. The lowest BCUT2D eigenvalue weighted by atomic mass is 9.94. The van der Waals surface area contributed by atoms with Gasteiger partial charge in [-0.1, -0.05) is 35.3 Å². The number of hydrogen-bond donors (Lipinski definition) is 3. The largest absolute Gasteiger partial charge is 0.490 e. The second-order valence-corrected chi connectivity index (χ2v) is 7.46. The van der Waals surface area contributed by atoms with Gasteiger partial charge in [0.05, 0.1) is 23.2 Å². The van der Waals surface area contributed by atoms with Crippen LogP contribution in [0.5, 0.6) is 11.5 Å². The number of halogens is 2. The average molecular weight is 450 g/mol. The minimum Gasteiger partial charge on any atom is -0.490 e. The standard InChI is InChI=1S/C21H21Cl2N3O4/c1-3-29-16-9-13(18-17(20(24)27)11(2)25-21(28)26-18)8-15(23)19(16)30-10-12-4-6-14(22)7-5-12/h4-9,18H,3,10H2,1-2H3,(H2,24,27)(H2,25,26,28)/t18-/m1/s1. The quantitative estimate of drug-likeness (QED) is 0.592. The van der Waals surface area contributed by atoms with Crippen LogP contribution in [0.1, 0.15) is 31.0 Å². The molecule has 9 heteroatoms. The molecule has 3 amide bonds. The topological polar surface area (TPSA) is 103 Å². The molecule has 0 unspecified atom stereocenters. The van der Waals surface area contributed by atoms with E-state index in [9.17, 15) is 9.59 Å². The molecule has 1 aliphatic heterocycles. The van der Waals surface area contributed by atoms with E-state index in [1.807, 2.05) is 19.1 Å². The number of hydrogen-bond acceptors (Lipinski definition) is 4. The van der Waals surface area contributed by atoms with Crippen LogP contribution in [0.25, 0.3) is 0 Å². The van der Waals surface area contributed by atoms with Crippen LogP contribution in [0.15, 0.2) is 47.7 Å². The van der Waals surface area contributed by atoms with E-state index >= 15 is 0 Å². The number of carbonyl (C=O) groups excluding carboxylic acids is 2. The highest BCUT2D eigenvalue weighted by atomic mass is 35.5. The molecule has 0 fully saturated rings. The first-order chi connectivity index (χ1) is 14.3. The van der Waals surface area contributed by atoms with Gasteiger partial charge in [0, 0.05) is 10.7 Å². The van der Waals surface area contributed by atoms with Crippen molar-refractivity contribution in [1.82, 2.24) is 10.6 Å². The van der Waals surface area contributed by atoms with Gasteiger partial charge in [-0.05, 0) is 49.2 Å². The molecular weight excluding hydrogens is 429 g/mol. The van der Waals surface area contributed by atoms with E-state index in [0.29, 0.717) is 34.4 Å². The average Bonchev–Trinajstić information content (AvgIpc) is 2.67. The van der Waals surface area contributed by atoms with Crippen LogP contribution >= 0.6 is 23.2 Å². The van der Waals surface area contributed by atoms with Crippen molar-refractivity contribution in [3.63, 3.8) is 0 Å². The maximum Gasteiger partial charge on any atom is 0.319 e. The number of nitrogens with one attached hydrogen (secondary N) is 2.